The van der Waals surface area contributed by atoms with E-state index < -0.39 is 11.5 Å². The lowest BCUT2D eigenvalue weighted by molar-refractivity contribution is 0.0757. The molecule has 2 nitrogen and oxygen atoms in total. The lowest BCUT2D eigenvalue weighted by Crippen LogP contribution is -2.26. The van der Waals surface area contributed by atoms with Gasteiger partial charge in [-0.3, -0.25) is 4.79 Å². The number of hydrogen-bond donors (Lipinski definition) is 0. The monoisotopic (exact) mass is 208 g/mol. The summed E-state index contributed by atoms with van der Waals surface area (Å²) >= 11 is 0. The zero-order valence-corrected chi connectivity index (χ0v) is 8.84. The average molecular weight is 208 g/mol. The van der Waals surface area contributed by atoms with Gasteiger partial charge in [0.2, 0.25) is 5.78 Å². The van der Waals surface area contributed by atoms with E-state index in [9.17, 15) is 9.18 Å². The van der Waals surface area contributed by atoms with Gasteiger partial charge in [0.05, 0.1) is 12.2 Å². The number of para-hydroxylation sites is 1. The summed E-state index contributed by atoms with van der Waals surface area (Å²) in [6, 6.07) is 5.30. The standard InChI is InChI=1S/C12H13FO2/c1-12(2,13)11(14)9-5-3-4-8-6-7-15-10(8)9/h3-5H,6-7H2,1-2H3. The molecule has 0 unspecified atom stereocenters. The number of halogens is 1. The van der Waals surface area contributed by atoms with Crippen molar-refractivity contribution >= 4 is 5.78 Å². The Morgan fingerprint density at radius 1 is 1.47 bits per heavy atom. The van der Waals surface area contributed by atoms with E-state index in [1.54, 1.807) is 12.1 Å². The Labute approximate surface area is 88.1 Å². The molecule has 0 N–H and O–H groups in total. The minimum absolute atomic E-state index is 0.359. The molecule has 0 spiro atoms. The third-order valence-electron chi connectivity index (χ3n) is 2.50. The molecular formula is C12H13FO2. The van der Waals surface area contributed by atoms with Crippen LogP contribution in [-0.4, -0.2) is 18.1 Å². The summed E-state index contributed by atoms with van der Waals surface area (Å²) in [5, 5.41) is 0. The molecule has 1 aromatic carbocycles. The van der Waals surface area contributed by atoms with Crippen molar-refractivity contribution in [1.29, 1.82) is 0 Å². The Hall–Kier alpha value is -1.38. The maximum Gasteiger partial charge on any atom is 0.203 e. The number of hydrogen-bond acceptors (Lipinski definition) is 2. The Morgan fingerprint density at radius 3 is 2.87 bits per heavy atom. The van der Waals surface area contributed by atoms with E-state index in [1.165, 1.54) is 13.8 Å². The maximum absolute atomic E-state index is 13.5. The first-order valence-corrected chi connectivity index (χ1v) is 4.98. The Morgan fingerprint density at radius 2 is 2.20 bits per heavy atom. The molecule has 0 aliphatic carbocycles. The molecule has 2 rings (SSSR count). The number of carbonyl (C=O) groups is 1. The highest BCUT2D eigenvalue weighted by molar-refractivity contribution is 6.04. The maximum atomic E-state index is 13.5. The van der Waals surface area contributed by atoms with Gasteiger partial charge in [-0.15, -0.1) is 0 Å². The molecule has 1 aromatic rings. The lowest BCUT2D eigenvalue weighted by Gasteiger charge is -2.14. The molecule has 0 fully saturated rings. The van der Waals surface area contributed by atoms with Crippen molar-refractivity contribution in [2.45, 2.75) is 25.9 Å². The van der Waals surface area contributed by atoms with Crippen LogP contribution < -0.4 is 4.74 Å². The van der Waals surface area contributed by atoms with E-state index in [0.717, 1.165) is 12.0 Å². The van der Waals surface area contributed by atoms with Gasteiger partial charge in [0, 0.05) is 6.42 Å². The number of alkyl halides is 1. The minimum Gasteiger partial charge on any atom is -0.492 e. The molecule has 1 heterocycles. The molecule has 80 valence electrons. The van der Waals surface area contributed by atoms with Crippen LogP contribution in [-0.2, 0) is 6.42 Å². The van der Waals surface area contributed by atoms with Gasteiger partial charge in [0.15, 0.2) is 5.67 Å². The minimum atomic E-state index is -1.85. The van der Waals surface area contributed by atoms with Gasteiger partial charge in [-0.25, -0.2) is 4.39 Å². The van der Waals surface area contributed by atoms with Crippen LogP contribution in [0.1, 0.15) is 29.8 Å². The first-order chi connectivity index (χ1) is 7.00. The zero-order valence-electron chi connectivity index (χ0n) is 8.84. The average Bonchev–Trinajstić information content (AvgIpc) is 2.62. The third-order valence-corrected chi connectivity index (χ3v) is 2.50. The van der Waals surface area contributed by atoms with Crippen LogP contribution in [0, 0.1) is 0 Å². The molecule has 1 aliphatic heterocycles. The summed E-state index contributed by atoms with van der Waals surface area (Å²) in [5.74, 6) is 0.0504. The molecule has 0 saturated heterocycles. The fraction of sp³-hybridized carbons (Fsp3) is 0.417. The van der Waals surface area contributed by atoms with Crippen molar-refractivity contribution in [2.24, 2.45) is 0 Å². The van der Waals surface area contributed by atoms with Crippen LogP contribution in [0.5, 0.6) is 5.75 Å². The third kappa shape index (κ3) is 1.74. The molecule has 0 aromatic heterocycles. The van der Waals surface area contributed by atoms with E-state index in [1.807, 2.05) is 6.07 Å². The van der Waals surface area contributed by atoms with Crippen LogP contribution in [0.25, 0.3) is 0 Å². The summed E-state index contributed by atoms with van der Waals surface area (Å²) in [6.07, 6.45) is 0.795. The number of carbonyl (C=O) groups excluding carboxylic acids is 1. The van der Waals surface area contributed by atoms with E-state index in [0.29, 0.717) is 17.9 Å². The van der Waals surface area contributed by atoms with E-state index in [2.05, 4.69) is 0 Å². The molecule has 0 radical (unpaired) electrons. The predicted molar refractivity (Wildman–Crippen MR) is 55.2 cm³/mol. The van der Waals surface area contributed by atoms with E-state index in [4.69, 9.17) is 4.74 Å². The molecule has 0 saturated carbocycles. The van der Waals surface area contributed by atoms with Crippen molar-refractivity contribution in [2.75, 3.05) is 6.61 Å². The highest BCUT2D eigenvalue weighted by Gasteiger charge is 2.31. The SMILES string of the molecule is CC(C)(F)C(=O)c1cccc2c1OCC2. The van der Waals surface area contributed by atoms with Crippen molar-refractivity contribution in [3.05, 3.63) is 29.3 Å². The summed E-state index contributed by atoms with van der Waals surface area (Å²) < 4.78 is 18.9. The largest absolute Gasteiger partial charge is 0.492 e. The van der Waals surface area contributed by atoms with Crippen LogP contribution in [0.15, 0.2) is 18.2 Å². The Kier molecular flexibility index (Phi) is 2.25. The molecule has 15 heavy (non-hydrogen) atoms. The highest BCUT2D eigenvalue weighted by Crippen LogP contribution is 2.32. The zero-order chi connectivity index (χ0) is 11.1. The van der Waals surface area contributed by atoms with Crippen LogP contribution in [0.2, 0.25) is 0 Å². The van der Waals surface area contributed by atoms with Gasteiger partial charge in [-0.05, 0) is 25.5 Å². The van der Waals surface area contributed by atoms with Crippen LogP contribution in [0.3, 0.4) is 0 Å². The predicted octanol–water partition coefficient (Wildman–Crippen LogP) is 2.55. The quantitative estimate of drug-likeness (QED) is 0.698. The summed E-state index contributed by atoms with van der Waals surface area (Å²) in [5.41, 5.74) is -0.497. The molecular weight excluding hydrogens is 195 g/mol. The van der Waals surface area contributed by atoms with Crippen molar-refractivity contribution < 1.29 is 13.9 Å². The number of ketones is 1. The number of fused-ring (bicyclic) bond motifs is 1. The second kappa shape index (κ2) is 3.33. The molecule has 0 amide bonds. The van der Waals surface area contributed by atoms with Crippen molar-refractivity contribution in [3.8, 4) is 5.75 Å². The summed E-state index contributed by atoms with van der Waals surface area (Å²) in [7, 11) is 0. The van der Waals surface area contributed by atoms with Gasteiger partial charge in [-0.1, -0.05) is 12.1 Å². The Balaban J connectivity index is 2.46. The number of Topliss-reactive ketones (excluding diaryl/α,β-unsaturated/α-hetero) is 1. The molecule has 3 heteroatoms. The molecule has 1 aliphatic rings. The van der Waals surface area contributed by atoms with E-state index in [-0.39, 0.29) is 0 Å². The Bertz CT molecular complexity index is 405. The molecule has 0 bridgehead atoms. The normalized spacial score (nSPS) is 14.6. The lowest BCUT2D eigenvalue weighted by atomic mass is 9.96. The van der Waals surface area contributed by atoms with Crippen molar-refractivity contribution in [1.82, 2.24) is 0 Å². The molecule has 0 atom stereocenters. The van der Waals surface area contributed by atoms with Crippen molar-refractivity contribution in [3.63, 3.8) is 0 Å². The number of benzene rings is 1. The second-order valence-corrected chi connectivity index (χ2v) is 4.19. The van der Waals surface area contributed by atoms with Gasteiger partial charge in [-0.2, -0.15) is 0 Å². The summed E-state index contributed by atoms with van der Waals surface area (Å²) in [4.78, 5) is 11.8. The van der Waals surface area contributed by atoms with Gasteiger partial charge in [0.1, 0.15) is 5.75 Å². The first kappa shape index (κ1) is 10.1. The smallest absolute Gasteiger partial charge is 0.203 e. The highest BCUT2D eigenvalue weighted by atomic mass is 19.1. The van der Waals surface area contributed by atoms with Crippen LogP contribution in [0.4, 0.5) is 4.39 Å². The number of ether oxygens (including phenoxy) is 1. The first-order valence-electron chi connectivity index (χ1n) is 4.98. The topological polar surface area (TPSA) is 26.3 Å². The second-order valence-electron chi connectivity index (χ2n) is 4.19. The van der Waals surface area contributed by atoms with Gasteiger partial charge >= 0.3 is 0 Å². The van der Waals surface area contributed by atoms with E-state index >= 15 is 0 Å². The summed E-state index contributed by atoms with van der Waals surface area (Å²) in [6.45, 7) is 3.11. The van der Waals surface area contributed by atoms with Gasteiger partial charge in [0.25, 0.3) is 0 Å². The fourth-order valence-electron chi connectivity index (χ4n) is 1.71. The number of rotatable bonds is 2. The fourth-order valence-corrected chi connectivity index (χ4v) is 1.71. The van der Waals surface area contributed by atoms with Crippen LogP contribution >= 0.6 is 0 Å². The van der Waals surface area contributed by atoms with Gasteiger partial charge < -0.3 is 4.74 Å².